The van der Waals surface area contributed by atoms with Gasteiger partial charge in [0.2, 0.25) is 0 Å². The normalized spacial score (nSPS) is 25.6. The van der Waals surface area contributed by atoms with E-state index in [9.17, 15) is 0 Å². The zero-order valence-corrected chi connectivity index (χ0v) is 10.8. The quantitative estimate of drug-likeness (QED) is 0.758. The Morgan fingerprint density at radius 1 is 1.60 bits per heavy atom. The minimum absolute atomic E-state index is 0.436. The van der Waals surface area contributed by atoms with Crippen molar-refractivity contribution < 1.29 is 0 Å². The lowest BCUT2D eigenvalue weighted by Crippen LogP contribution is -2.34. The lowest BCUT2D eigenvalue weighted by atomic mass is 9.84. The number of aryl methyl sites for hydroxylation is 1. The Hall–Kier alpha value is -0.120. The minimum atomic E-state index is 0.436. The van der Waals surface area contributed by atoms with Crippen LogP contribution < -0.4 is 0 Å². The fourth-order valence-electron chi connectivity index (χ4n) is 2.01. The standard InChI is InChI=1S/C11H17ClN2S/c1-8-7-15-11(13-8)6-14(2)5-9-3-10(12)4-9/h7,9-10H,3-6H2,1-2H3. The van der Waals surface area contributed by atoms with Gasteiger partial charge in [0.15, 0.2) is 0 Å². The van der Waals surface area contributed by atoms with E-state index in [0.717, 1.165) is 24.7 Å². The number of thiazole rings is 1. The molecule has 2 rings (SSSR count). The summed E-state index contributed by atoms with van der Waals surface area (Å²) in [6.45, 7) is 4.17. The van der Waals surface area contributed by atoms with Crippen LogP contribution in [0.15, 0.2) is 5.38 Å². The van der Waals surface area contributed by atoms with Gasteiger partial charge in [-0.25, -0.2) is 4.98 Å². The SMILES string of the molecule is Cc1csc(CN(C)CC2CC(Cl)C2)n1. The monoisotopic (exact) mass is 244 g/mol. The van der Waals surface area contributed by atoms with Crippen LogP contribution in [0.2, 0.25) is 0 Å². The van der Waals surface area contributed by atoms with Gasteiger partial charge in [0.25, 0.3) is 0 Å². The molecule has 0 bridgehead atoms. The molecule has 1 aliphatic carbocycles. The molecule has 15 heavy (non-hydrogen) atoms. The van der Waals surface area contributed by atoms with E-state index >= 15 is 0 Å². The van der Waals surface area contributed by atoms with Gasteiger partial charge in [-0.3, -0.25) is 4.90 Å². The van der Waals surface area contributed by atoms with Gasteiger partial charge in [0, 0.05) is 23.0 Å². The maximum Gasteiger partial charge on any atom is 0.107 e. The Kier molecular flexibility index (Phi) is 3.65. The molecule has 2 nitrogen and oxygen atoms in total. The first kappa shape index (κ1) is 11.4. The van der Waals surface area contributed by atoms with Crippen molar-refractivity contribution >= 4 is 22.9 Å². The summed E-state index contributed by atoms with van der Waals surface area (Å²) >= 11 is 7.71. The van der Waals surface area contributed by atoms with Crippen molar-refractivity contribution in [2.24, 2.45) is 5.92 Å². The molecule has 1 fully saturated rings. The molecule has 0 spiro atoms. The summed E-state index contributed by atoms with van der Waals surface area (Å²) in [5.41, 5.74) is 1.13. The highest BCUT2D eigenvalue weighted by atomic mass is 35.5. The van der Waals surface area contributed by atoms with E-state index in [2.05, 4.69) is 22.3 Å². The highest BCUT2D eigenvalue weighted by Crippen LogP contribution is 2.32. The number of nitrogens with zero attached hydrogens (tertiary/aromatic N) is 2. The lowest BCUT2D eigenvalue weighted by Gasteiger charge is -2.33. The summed E-state index contributed by atoms with van der Waals surface area (Å²) in [5.74, 6) is 0.804. The topological polar surface area (TPSA) is 16.1 Å². The highest BCUT2D eigenvalue weighted by Gasteiger charge is 2.27. The molecule has 0 radical (unpaired) electrons. The largest absolute Gasteiger partial charge is 0.299 e. The molecule has 1 heterocycles. The summed E-state index contributed by atoms with van der Waals surface area (Å²) in [6, 6.07) is 0. The van der Waals surface area contributed by atoms with E-state index in [-0.39, 0.29) is 0 Å². The van der Waals surface area contributed by atoms with Crippen molar-refractivity contribution in [3.05, 3.63) is 16.1 Å². The first-order valence-corrected chi connectivity index (χ1v) is 6.68. The van der Waals surface area contributed by atoms with Crippen molar-refractivity contribution in [2.45, 2.75) is 31.7 Å². The molecule has 0 amide bonds. The van der Waals surface area contributed by atoms with Gasteiger partial charge in [0.1, 0.15) is 5.01 Å². The Balaban J connectivity index is 1.75. The summed E-state index contributed by atoms with van der Waals surface area (Å²) in [7, 11) is 2.16. The Bertz CT molecular complexity index is 320. The van der Waals surface area contributed by atoms with E-state index in [4.69, 9.17) is 11.6 Å². The molecule has 0 saturated heterocycles. The minimum Gasteiger partial charge on any atom is -0.299 e. The van der Waals surface area contributed by atoms with Crippen LogP contribution in [0.4, 0.5) is 0 Å². The van der Waals surface area contributed by atoms with Crippen LogP contribution in [0, 0.1) is 12.8 Å². The van der Waals surface area contributed by atoms with Gasteiger partial charge in [0.05, 0.1) is 6.54 Å². The lowest BCUT2D eigenvalue weighted by molar-refractivity contribution is 0.204. The van der Waals surface area contributed by atoms with E-state index in [1.807, 2.05) is 6.92 Å². The van der Waals surface area contributed by atoms with Crippen molar-refractivity contribution in [1.29, 1.82) is 0 Å². The number of hydrogen-bond donors (Lipinski definition) is 0. The molecule has 1 aromatic heterocycles. The van der Waals surface area contributed by atoms with E-state index in [0.29, 0.717) is 5.38 Å². The fourth-order valence-corrected chi connectivity index (χ4v) is 3.37. The molecule has 0 aliphatic heterocycles. The molecule has 0 aromatic carbocycles. The van der Waals surface area contributed by atoms with E-state index < -0.39 is 0 Å². The molecule has 0 atom stereocenters. The predicted molar refractivity (Wildman–Crippen MR) is 65.6 cm³/mol. The van der Waals surface area contributed by atoms with Crippen LogP contribution in [0.3, 0.4) is 0 Å². The molecule has 1 aromatic rings. The second kappa shape index (κ2) is 4.81. The molecule has 1 aliphatic rings. The van der Waals surface area contributed by atoms with Crippen LogP contribution in [-0.2, 0) is 6.54 Å². The first-order chi connectivity index (χ1) is 7.13. The average Bonchev–Trinajstić information content (AvgIpc) is 2.48. The number of hydrogen-bond acceptors (Lipinski definition) is 3. The molecular weight excluding hydrogens is 228 g/mol. The van der Waals surface area contributed by atoms with Crippen molar-refractivity contribution in [3.63, 3.8) is 0 Å². The van der Waals surface area contributed by atoms with Crippen LogP contribution in [-0.4, -0.2) is 28.9 Å². The molecule has 4 heteroatoms. The van der Waals surface area contributed by atoms with Crippen LogP contribution >= 0.6 is 22.9 Å². The van der Waals surface area contributed by atoms with Gasteiger partial charge < -0.3 is 0 Å². The first-order valence-electron chi connectivity index (χ1n) is 5.37. The third-order valence-electron chi connectivity index (χ3n) is 2.82. The average molecular weight is 245 g/mol. The molecule has 0 unspecified atom stereocenters. The molecule has 0 N–H and O–H groups in total. The number of alkyl halides is 1. The summed E-state index contributed by atoms with van der Waals surface area (Å²) in [6.07, 6.45) is 2.37. The smallest absolute Gasteiger partial charge is 0.107 e. The van der Waals surface area contributed by atoms with Crippen LogP contribution in [0.5, 0.6) is 0 Å². The zero-order valence-electron chi connectivity index (χ0n) is 9.24. The molecule has 84 valence electrons. The Morgan fingerprint density at radius 2 is 2.33 bits per heavy atom. The van der Waals surface area contributed by atoms with Gasteiger partial charge in [-0.05, 0) is 32.7 Å². The van der Waals surface area contributed by atoms with Gasteiger partial charge in [-0.1, -0.05) is 0 Å². The second-order valence-corrected chi connectivity index (χ2v) is 6.07. The number of halogens is 1. The van der Waals surface area contributed by atoms with Crippen molar-refractivity contribution in [1.82, 2.24) is 9.88 Å². The van der Waals surface area contributed by atoms with E-state index in [1.54, 1.807) is 11.3 Å². The predicted octanol–water partition coefficient (Wildman–Crippen LogP) is 2.90. The summed E-state index contributed by atoms with van der Waals surface area (Å²) in [5, 5.41) is 3.77. The third kappa shape index (κ3) is 3.16. The molecular formula is C11H17ClN2S. The van der Waals surface area contributed by atoms with Gasteiger partial charge in [-0.2, -0.15) is 0 Å². The van der Waals surface area contributed by atoms with Crippen molar-refractivity contribution in [2.75, 3.05) is 13.6 Å². The fraction of sp³-hybridized carbons (Fsp3) is 0.727. The number of rotatable bonds is 4. The van der Waals surface area contributed by atoms with Gasteiger partial charge in [-0.15, -0.1) is 22.9 Å². The van der Waals surface area contributed by atoms with Crippen LogP contribution in [0.1, 0.15) is 23.5 Å². The summed E-state index contributed by atoms with van der Waals surface area (Å²) in [4.78, 5) is 6.82. The Morgan fingerprint density at radius 3 is 2.87 bits per heavy atom. The van der Waals surface area contributed by atoms with Gasteiger partial charge >= 0.3 is 0 Å². The maximum absolute atomic E-state index is 5.96. The Labute approximate surface area is 100 Å². The second-order valence-electron chi connectivity index (χ2n) is 4.51. The highest BCUT2D eigenvalue weighted by molar-refractivity contribution is 7.09. The van der Waals surface area contributed by atoms with Crippen molar-refractivity contribution in [3.8, 4) is 0 Å². The van der Waals surface area contributed by atoms with E-state index in [1.165, 1.54) is 17.8 Å². The van der Waals surface area contributed by atoms with Crippen LogP contribution in [0.25, 0.3) is 0 Å². The zero-order chi connectivity index (χ0) is 10.8. The third-order valence-corrected chi connectivity index (χ3v) is 4.13. The number of aromatic nitrogens is 1. The summed E-state index contributed by atoms with van der Waals surface area (Å²) < 4.78 is 0. The maximum atomic E-state index is 5.96. The molecule has 1 saturated carbocycles.